The number of hydrogen-bond donors (Lipinski definition) is 1. The van der Waals surface area contributed by atoms with E-state index in [0.717, 1.165) is 21.8 Å². The van der Waals surface area contributed by atoms with Crippen molar-refractivity contribution in [3.8, 4) is 0 Å². The lowest BCUT2D eigenvalue weighted by atomic mass is 10.1. The van der Waals surface area contributed by atoms with Gasteiger partial charge in [0.15, 0.2) is 5.78 Å². The van der Waals surface area contributed by atoms with Crippen molar-refractivity contribution in [2.24, 2.45) is 0 Å². The average molecular weight is 316 g/mol. The number of nitrogens with zero attached hydrogens (tertiary/aromatic N) is 1. The fourth-order valence-corrected chi connectivity index (χ4v) is 2.79. The quantitative estimate of drug-likeness (QED) is 0.438. The monoisotopic (exact) mass is 316 g/mol. The summed E-state index contributed by atoms with van der Waals surface area (Å²) in [5.41, 5.74) is 3.05. The van der Waals surface area contributed by atoms with E-state index in [1.807, 2.05) is 30.3 Å². The molecule has 0 fully saturated rings. The van der Waals surface area contributed by atoms with Crippen LogP contribution in [0, 0.1) is 5.82 Å². The molecule has 2 aromatic heterocycles. The maximum absolute atomic E-state index is 12.9. The number of pyridine rings is 1. The van der Waals surface area contributed by atoms with Crippen molar-refractivity contribution in [1.29, 1.82) is 0 Å². The van der Waals surface area contributed by atoms with Crippen molar-refractivity contribution in [2.75, 3.05) is 0 Å². The lowest BCUT2D eigenvalue weighted by molar-refractivity contribution is 0.104. The predicted molar refractivity (Wildman–Crippen MR) is 93.4 cm³/mol. The lowest BCUT2D eigenvalue weighted by Crippen LogP contribution is -1.94. The predicted octanol–water partition coefficient (Wildman–Crippen LogP) is 4.75. The fourth-order valence-electron chi connectivity index (χ4n) is 2.79. The summed E-state index contributed by atoms with van der Waals surface area (Å²) in [5, 5.41) is 2.18. The van der Waals surface area contributed by atoms with Gasteiger partial charge in [0.1, 0.15) is 5.82 Å². The number of H-pyrrole nitrogens is 1. The lowest BCUT2D eigenvalue weighted by Gasteiger charge is -1.97. The van der Waals surface area contributed by atoms with Gasteiger partial charge in [-0.1, -0.05) is 18.2 Å². The molecule has 0 bridgehead atoms. The first kappa shape index (κ1) is 14.3. The second-order valence-electron chi connectivity index (χ2n) is 5.49. The van der Waals surface area contributed by atoms with Crippen LogP contribution in [-0.2, 0) is 0 Å². The molecule has 0 unspecified atom stereocenters. The number of allylic oxidation sites excluding steroid dienone is 1. The third-order valence-corrected chi connectivity index (χ3v) is 3.98. The Balaban J connectivity index is 1.74. The maximum Gasteiger partial charge on any atom is 0.185 e. The van der Waals surface area contributed by atoms with Crippen LogP contribution >= 0.6 is 0 Å². The number of carbonyl (C=O) groups excluding carboxylic acids is 1. The first-order chi connectivity index (χ1) is 11.7. The van der Waals surface area contributed by atoms with Crippen LogP contribution in [0.25, 0.3) is 27.9 Å². The normalized spacial score (nSPS) is 11.5. The highest BCUT2D eigenvalue weighted by Gasteiger charge is 2.08. The smallest absolute Gasteiger partial charge is 0.185 e. The number of para-hydroxylation sites is 1. The summed E-state index contributed by atoms with van der Waals surface area (Å²) in [5.74, 6) is -0.551. The summed E-state index contributed by atoms with van der Waals surface area (Å²) in [7, 11) is 0. The van der Waals surface area contributed by atoms with Crippen LogP contribution in [0.15, 0.2) is 66.9 Å². The van der Waals surface area contributed by atoms with E-state index < -0.39 is 0 Å². The van der Waals surface area contributed by atoms with Crippen molar-refractivity contribution in [3.63, 3.8) is 0 Å². The second-order valence-corrected chi connectivity index (χ2v) is 5.49. The van der Waals surface area contributed by atoms with Gasteiger partial charge < -0.3 is 4.98 Å². The minimum absolute atomic E-state index is 0.190. The van der Waals surface area contributed by atoms with Gasteiger partial charge in [0.2, 0.25) is 0 Å². The Labute approximate surface area is 137 Å². The molecule has 24 heavy (non-hydrogen) atoms. The minimum atomic E-state index is -0.361. The highest BCUT2D eigenvalue weighted by Crippen LogP contribution is 2.26. The Bertz CT molecular complexity index is 1080. The zero-order valence-electron chi connectivity index (χ0n) is 12.7. The standard InChI is InChI=1S/C20H13FN2O/c21-14-7-5-13(6-8-14)19(24)10-9-18-20-16(11-12-22-18)15-3-1-2-4-17(15)23-20/h1-12,23H/b10-9+. The van der Waals surface area contributed by atoms with Crippen molar-refractivity contribution >= 4 is 33.7 Å². The highest BCUT2D eigenvalue weighted by molar-refractivity contribution is 6.11. The van der Waals surface area contributed by atoms with Crippen LogP contribution in [0.3, 0.4) is 0 Å². The first-order valence-electron chi connectivity index (χ1n) is 7.56. The van der Waals surface area contributed by atoms with Gasteiger partial charge in [0.25, 0.3) is 0 Å². The molecule has 2 aromatic carbocycles. The fraction of sp³-hybridized carbons (Fsp3) is 0. The molecular weight excluding hydrogens is 303 g/mol. The van der Waals surface area contributed by atoms with Crippen molar-refractivity contribution in [1.82, 2.24) is 9.97 Å². The van der Waals surface area contributed by atoms with E-state index in [1.54, 1.807) is 12.3 Å². The molecule has 0 aliphatic rings. The van der Waals surface area contributed by atoms with E-state index in [2.05, 4.69) is 9.97 Å². The molecule has 4 rings (SSSR count). The van der Waals surface area contributed by atoms with E-state index in [0.29, 0.717) is 11.3 Å². The Morgan fingerprint density at radius 3 is 2.62 bits per heavy atom. The number of benzene rings is 2. The molecule has 4 heteroatoms. The van der Waals surface area contributed by atoms with Crippen LogP contribution in [0.4, 0.5) is 4.39 Å². The third-order valence-electron chi connectivity index (χ3n) is 3.98. The van der Waals surface area contributed by atoms with Crippen LogP contribution in [0.2, 0.25) is 0 Å². The summed E-state index contributed by atoms with van der Waals surface area (Å²) in [6.07, 6.45) is 4.87. The van der Waals surface area contributed by atoms with Crippen LogP contribution in [-0.4, -0.2) is 15.8 Å². The topological polar surface area (TPSA) is 45.8 Å². The molecule has 0 aliphatic heterocycles. The molecule has 0 aliphatic carbocycles. The first-order valence-corrected chi connectivity index (χ1v) is 7.56. The molecule has 0 saturated heterocycles. The van der Waals surface area contributed by atoms with E-state index >= 15 is 0 Å². The van der Waals surface area contributed by atoms with Gasteiger partial charge in [-0.25, -0.2) is 4.39 Å². The number of nitrogens with one attached hydrogen (secondary N) is 1. The average Bonchev–Trinajstić information content (AvgIpc) is 2.99. The van der Waals surface area contributed by atoms with E-state index in [9.17, 15) is 9.18 Å². The van der Waals surface area contributed by atoms with Crippen molar-refractivity contribution in [3.05, 3.63) is 83.9 Å². The molecule has 0 saturated carbocycles. The molecule has 116 valence electrons. The SMILES string of the molecule is O=C(/C=C/c1nccc2c1[nH]c1ccccc12)c1ccc(F)cc1. The van der Waals surface area contributed by atoms with Gasteiger partial charge in [-0.2, -0.15) is 0 Å². The van der Waals surface area contributed by atoms with Crippen LogP contribution < -0.4 is 0 Å². The maximum atomic E-state index is 12.9. The Morgan fingerprint density at radius 1 is 1.00 bits per heavy atom. The van der Waals surface area contributed by atoms with Crippen LogP contribution in [0.5, 0.6) is 0 Å². The number of hydrogen-bond acceptors (Lipinski definition) is 2. The third kappa shape index (κ3) is 2.48. The van der Waals surface area contributed by atoms with Gasteiger partial charge in [0.05, 0.1) is 11.2 Å². The van der Waals surface area contributed by atoms with Gasteiger partial charge in [-0.3, -0.25) is 9.78 Å². The highest BCUT2D eigenvalue weighted by atomic mass is 19.1. The Hall–Kier alpha value is -3.27. The number of fused-ring (bicyclic) bond motifs is 3. The van der Waals surface area contributed by atoms with Crippen molar-refractivity contribution < 1.29 is 9.18 Å². The minimum Gasteiger partial charge on any atom is -0.353 e. The Kier molecular flexibility index (Phi) is 3.43. The zero-order valence-corrected chi connectivity index (χ0v) is 12.7. The molecule has 0 amide bonds. The van der Waals surface area contributed by atoms with Crippen molar-refractivity contribution in [2.45, 2.75) is 0 Å². The molecule has 3 nitrogen and oxygen atoms in total. The number of aromatic nitrogens is 2. The molecule has 4 aromatic rings. The van der Waals surface area contributed by atoms with E-state index in [-0.39, 0.29) is 11.6 Å². The molecule has 0 radical (unpaired) electrons. The largest absolute Gasteiger partial charge is 0.353 e. The summed E-state index contributed by atoms with van der Waals surface area (Å²) in [4.78, 5) is 19.9. The number of ketones is 1. The zero-order chi connectivity index (χ0) is 16.5. The molecular formula is C20H13FN2O. The summed E-state index contributed by atoms with van der Waals surface area (Å²) in [6, 6.07) is 15.5. The molecule has 2 heterocycles. The summed E-state index contributed by atoms with van der Waals surface area (Å²) in [6.45, 7) is 0. The molecule has 0 atom stereocenters. The van der Waals surface area contributed by atoms with Gasteiger partial charge >= 0.3 is 0 Å². The van der Waals surface area contributed by atoms with Gasteiger partial charge in [-0.15, -0.1) is 0 Å². The van der Waals surface area contributed by atoms with Crippen LogP contribution in [0.1, 0.15) is 16.1 Å². The number of carbonyl (C=O) groups is 1. The van der Waals surface area contributed by atoms with E-state index in [1.165, 1.54) is 30.3 Å². The van der Waals surface area contributed by atoms with E-state index in [4.69, 9.17) is 0 Å². The second kappa shape index (κ2) is 5.74. The molecule has 1 N–H and O–H groups in total. The number of aromatic amines is 1. The van der Waals surface area contributed by atoms with Gasteiger partial charge in [0, 0.05) is 28.0 Å². The summed E-state index contributed by atoms with van der Waals surface area (Å²) >= 11 is 0. The number of rotatable bonds is 3. The van der Waals surface area contributed by atoms with Gasteiger partial charge in [-0.05, 0) is 48.6 Å². The summed E-state index contributed by atoms with van der Waals surface area (Å²) < 4.78 is 12.9. The number of halogens is 1. The molecule has 0 spiro atoms. The Morgan fingerprint density at radius 2 is 1.79 bits per heavy atom.